The molecule has 25 heavy (non-hydrogen) atoms. The molecule has 2 aromatic rings. The molecule has 2 rings (SSSR count). The van der Waals surface area contributed by atoms with Gasteiger partial charge in [0.1, 0.15) is 5.75 Å². The molecule has 0 heterocycles. The van der Waals surface area contributed by atoms with Crippen molar-refractivity contribution in [3.05, 3.63) is 53.6 Å². The smallest absolute Gasteiger partial charge is 0.416 e. The molecule has 136 valence electrons. The molecule has 0 aromatic heterocycles. The van der Waals surface area contributed by atoms with Crippen LogP contribution in [0.2, 0.25) is 0 Å². The van der Waals surface area contributed by atoms with Gasteiger partial charge in [-0.15, -0.1) is 0 Å². The maximum absolute atomic E-state index is 13.1. The lowest BCUT2D eigenvalue weighted by atomic mass is 10.2. The van der Waals surface area contributed by atoms with Gasteiger partial charge in [0.25, 0.3) is 10.0 Å². The van der Waals surface area contributed by atoms with Crippen molar-refractivity contribution in [3.63, 3.8) is 0 Å². The first-order valence-corrected chi connectivity index (χ1v) is 8.94. The van der Waals surface area contributed by atoms with Crippen molar-refractivity contribution in [1.82, 2.24) is 0 Å². The number of benzene rings is 2. The summed E-state index contributed by atoms with van der Waals surface area (Å²) in [6.07, 6.45) is -4.98. The molecule has 4 nitrogen and oxygen atoms in total. The number of sulfonamides is 1. The van der Waals surface area contributed by atoms with Crippen LogP contribution < -0.4 is 9.46 Å². The summed E-state index contributed by atoms with van der Waals surface area (Å²) < 4.78 is 71.4. The summed E-state index contributed by atoms with van der Waals surface area (Å²) in [6, 6.07) is 8.78. The Morgan fingerprint density at radius 3 is 2.16 bits per heavy atom. The van der Waals surface area contributed by atoms with Crippen molar-refractivity contribution in [2.75, 3.05) is 4.72 Å². The highest BCUT2D eigenvalue weighted by atomic mass is 32.2. The second kappa shape index (κ2) is 6.95. The zero-order valence-corrected chi connectivity index (χ0v) is 14.7. The molecule has 0 aliphatic rings. The summed E-state index contributed by atoms with van der Waals surface area (Å²) >= 11 is 0. The highest BCUT2D eigenvalue weighted by molar-refractivity contribution is 7.92. The maximum atomic E-state index is 13.1. The van der Waals surface area contributed by atoms with Crippen LogP contribution in [0.15, 0.2) is 47.4 Å². The summed E-state index contributed by atoms with van der Waals surface area (Å²) in [4.78, 5) is -0.0400. The first-order chi connectivity index (χ1) is 11.5. The van der Waals surface area contributed by atoms with E-state index in [-0.39, 0.29) is 22.4 Å². The lowest BCUT2D eigenvalue weighted by Crippen LogP contribution is -2.15. The van der Waals surface area contributed by atoms with Crippen LogP contribution in [0.25, 0.3) is 0 Å². The first-order valence-electron chi connectivity index (χ1n) is 7.46. The van der Waals surface area contributed by atoms with Crippen LogP contribution in [-0.4, -0.2) is 14.5 Å². The van der Waals surface area contributed by atoms with Gasteiger partial charge >= 0.3 is 6.18 Å². The number of hydrogen-bond donors (Lipinski definition) is 1. The van der Waals surface area contributed by atoms with Crippen LogP contribution in [0, 0.1) is 6.92 Å². The van der Waals surface area contributed by atoms with Crippen molar-refractivity contribution in [2.24, 2.45) is 0 Å². The van der Waals surface area contributed by atoms with Gasteiger partial charge in [-0.05, 0) is 45.0 Å². The van der Waals surface area contributed by atoms with E-state index in [0.717, 1.165) is 17.7 Å². The van der Waals surface area contributed by atoms with E-state index in [9.17, 15) is 21.6 Å². The monoisotopic (exact) mass is 373 g/mol. The van der Waals surface area contributed by atoms with Gasteiger partial charge in [-0.3, -0.25) is 4.72 Å². The fraction of sp³-hybridized carbons (Fsp3) is 0.294. The molecule has 0 aliphatic carbocycles. The summed E-state index contributed by atoms with van der Waals surface area (Å²) in [5.41, 5.74) is -0.344. The van der Waals surface area contributed by atoms with E-state index in [2.05, 4.69) is 4.72 Å². The summed E-state index contributed by atoms with van der Waals surface area (Å²) in [6.45, 7) is 5.12. The Hall–Kier alpha value is -2.22. The highest BCUT2D eigenvalue weighted by Gasteiger charge is 2.32. The number of halogens is 3. The summed E-state index contributed by atoms with van der Waals surface area (Å²) in [7, 11) is -4.01. The average molecular weight is 373 g/mol. The van der Waals surface area contributed by atoms with Gasteiger partial charge in [-0.1, -0.05) is 17.7 Å². The molecule has 0 spiro atoms. The van der Waals surface area contributed by atoms with E-state index < -0.39 is 21.8 Å². The molecule has 0 bridgehead atoms. The number of aryl methyl sites for hydroxylation is 1. The van der Waals surface area contributed by atoms with Crippen LogP contribution in [0.5, 0.6) is 5.75 Å². The molecular weight excluding hydrogens is 355 g/mol. The molecule has 0 unspecified atom stereocenters. The predicted octanol–water partition coefficient (Wildman–Crippen LogP) is 4.60. The zero-order chi connectivity index (χ0) is 18.8. The van der Waals surface area contributed by atoms with Gasteiger partial charge < -0.3 is 4.74 Å². The van der Waals surface area contributed by atoms with Gasteiger partial charge in [0, 0.05) is 6.07 Å². The largest absolute Gasteiger partial charge is 0.491 e. The molecule has 0 amide bonds. The molecule has 0 saturated heterocycles. The quantitative estimate of drug-likeness (QED) is 0.833. The predicted molar refractivity (Wildman–Crippen MR) is 89.2 cm³/mol. The molecule has 8 heteroatoms. The van der Waals surface area contributed by atoms with E-state index in [1.807, 2.05) is 0 Å². The van der Waals surface area contributed by atoms with Crippen LogP contribution in [-0.2, 0) is 16.2 Å². The third-order valence-electron chi connectivity index (χ3n) is 3.19. The van der Waals surface area contributed by atoms with Gasteiger partial charge in [0.15, 0.2) is 0 Å². The second-order valence-corrected chi connectivity index (χ2v) is 7.51. The molecule has 0 atom stereocenters. The Kier molecular flexibility index (Phi) is 5.31. The van der Waals surface area contributed by atoms with Crippen molar-refractivity contribution >= 4 is 15.7 Å². The van der Waals surface area contributed by atoms with Crippen LogP contribution in [0.1, 0.15) is 25.0 Å². The Labute approximate surface area is 144 Å². The van der Waals surface area contributed by atoms with Gasteiger partial charge in [0.2, 0.25) is 0 Å². The fourth-order valence-corrected chi connectivity index (χ4v) is 3.13. The summed E-state index contributed by atoms with van der Waals surface area (Å²) in [5, 5.41) is 0. The van der Waals surface area contributed by atoms with Gasteiger partial charge in [-0.25, -0.2) is 8.42 Å². The van der Waals surface area contributed by atoms with Crippen LogP contribution in [0.3, 0.4) is 0 Å². The first kappa shape index (κ1) is 19.1. The Balaban J connectivity index is 2.42. The molecule has 0 radical (unpaired) electrons. The number of hydrogen-bond acceptors (Lipinski definition) is 3. The Morgan fingerprint density at radius 1 is 1.04 bits per heavy atom. The van der Waals surface area contributed by atoms with Crippen LogP contribution in [0.4, 0.5) is 18.9 Å². The molecular formula is C17H18F3NO3S. The standard InChI is InChI=1S/C17H18F3NO3S/c1-11(2)24-15-9-13(17(18,19)20)8-14(10-15)21-25(22,23)16-6-4-12(3)5-7-16/h4-11,21H,1-3H3. The van der Waals surface area contributed by atoms with Gasteiger partial charge in [-0.2, -0.15) is 13.2 Å². The fourth-order valence-electron chi connectivity index (χ4n) is 2.09. The van der Waals surface area contributed by atoms with Gasteiger partial charge in [0.05, 0.1) is 22.3 Å². The minimum absolute atomic E-state index is 0.0400. The maximum Gasteiger partial charge on any atom is 0.416 e. The van der Waals surface area contributed by atoms with Crippen molar-refractivity contribution < 1.29 is 26.3 Å². The lowest BCUT2D eigenvalue weighted by molar-refractivity contribution is -0.137. The number of ether oxygens (including phenoxy) is 1. The minimum atomic E-state index is -4.62. The third kappa shape index (κ3) is 5.12. The summed E-state index contributed by atoms with van der Waals surface area (Å²) in [5.74, 6) is -0.0635. The topological polar surface area (TPSA) is 55.4 Å². The van der Waals surface area contributed by atoms with Crippen molar-refractivity contribution in [1.29, 1.82) is 0 Å². The van der Waals surface area contributed by atoms with Crippen LogP contribution >= 0.6 is 0 Å². The number of rotatable bonds is 5. The molecule has 0 aliphatic heterocycles. The SMILES string of the molecule is Cc1ccc(S(=O)(=O)Nc2cc(OC(C)C)cc(C(F)(F)F)c2)cc1. The molecule has 0 fully saturated rings. The van der Waals surface area contributed by atoms with E-state index in [1.165, 1.54) is 18.2 Å². The number of anilines is 1. The molecule has 0 saturated carbocycles. The zero-order valence-electron chi connectivity index (χ0n) is 13.9. The lowest BCUT2D eigenvalue weighted by Gasteiger charge is -2.16. The molecule has 1 N–H and O–H groups in total. The van der Waals surface area contributed by atoms with E-state index in [1.54, 1.807) is 32.9 Å². The Morgan fingerprint density at radius 2 is 1.64 bits per heavy atom. The number of nitrogens with one attached hydrogen (secondary N) is 1. The Bertz CT molecular complexity index is 844. The third-order valence-corrected chi connectivity index (χ3v) is 4.59. The highest BCUT2D eigenvalue weighted by Crippen LogP contribution is 2.35. The van der Waals surface area contributed by atoms with E-state index in [4.69, 9.17) is 4.74 Å². The van der Waals surface area contributed by atoms with E-state index >= 15 is 0 Å². The molecule has 2 aromatic carbocycles. The minimum Gasteiger partial charge on any atom is -0.491 e. The second-order valence-electron chi connectivity index (χ2n) is 5.83. The van der Waals surface area contributed by atoms with Crippen molar-refractivity contribution in [3.8, 4) is 5.75 Å². The number of alkyl halides is 3. The average Bonchev–Trinajstić information content (AvgIpc) is 2.45. The van der Waals surface area contributed by atoms with Crippen molar-refractivity contribution in [2.45, 2.75) is 37.9 Å². The normalized spacial score (nSPS) is 12.3. The van der Waals surface area contributed by atoms with E-state index in [0.29, 0.717) is 0 Å².